The van der Waals surface area contributed by atoms with Crippen LogP contribution in [-0.2, 0) is 14.3 Å². The topological polar surface area (TPSA) is 69.4 Å². The highest BCUT2D eigenvalue weighted by Gasteiger charge is 2.15. The first-order valence-electron chi connectivity index (χ1n) is 5.70. The third-order valence-electron chi connectivity index (χ3n) is 2.49. The van der Waals surface area contributed by atoms with Crippen LogP contribution < -0.4 is 5.73 Å². The molecule has 0 spiro atoms. The maximum absolute atomic E-state index is 13.4. The highest BCUT2D eigenvalue weighted by atomic mass is 35.5. The van der Waals surface area contributed by atoms with Crippen LogP contribution in [0.4, 0.5) is 4.39 Å². The van der Waals surface area contributed by atoms with Crippen LogP contribution in [0.5, 0.6) is 0 Å². The maximum Gasteiger partial charge on any atom is 0.306 e. The molecule has 4 nitrogen and oxygen atoms in total. The van der Waals surface area contributed by atoms with Crippen molar-refractivity contribution < 1.29 is 18.7 Å². The number of carbonyl (C=O) groups is 2. The molecular formula is C13H17ClFNO3. The summed E-state index contributed by atoms with van der Waals surface area (Å²) in [7, 11) is 0. The summed E-state index contributed by atoms with van der Waals surface area (Å²) in [6.07, 6.45) is -0.652. The second kappa shape index (κ2) is 8.61. The first kappa shape index (κ1) is 17.5. The van der Waals surface area contributed by atoms with Crippen LogP contribution in [-0.4, -0.2) is 18.3 Å². The minimum atomic E-state index is -0.674. The van der Waals surface area contributed by atoms with Crippen molar-refractivity contribution in [1.29, 1.82) is 0 Å². The third-order valence-corrected chi connectivity index (χ3v) is 2.49. The fourth-order valence-corrected chi connectivity index (χ4v) is 1.47. The number of carbonyl (C=O) groups excluding carboxylic acids is 2. The van der Waals surface area contributed by atoms with Gasteiger partial charge in [-0.05, 0) is 13.0 Å². The lowest BCUT2D eigenvalue weighted by molar-refractivity contribution is -0.149. The van der Waals surface area contributed by atoms with Crippen molar-refractivity contribution in [3.8, 4) is 0 Å². The van der Waals surface area contributed by atoms with E-state index in [1.54, 1.807) is 25.1 Å². The van der Waals surface area contributed by atoms with Gasteiger partial charge >= 0.3 is 5.97 Å². The number of esters is 1. The molecule has 2 N–H and O–H groups in total. The molecule has 0 saturated carbocycles. The van der Waals surface area contributed by atoms with Crippen LogP contribution in [0.3, 0.4) is 0 Å². The second-order valence-electron chi connectivity index (χ2n) is 3.90. The van der Waals surface area contributed by atoms with Gasteiger partial charge in [0.05, 0.1) is 13.0 Å². The number of halogens is 2. The highest BCUT2D eigenvalue weighted by Crippen LogP contribution is 2.20. The molecule has 19 heavy (non-hydrogen) atoms. The Bertz CT molecular complexity index is 440. The largest absolute Gasteiger partial charge is 0.458 e. The van der Waals surface area contributed by atoms with Crippen LogP contribution in [0.25, 0.3) is 0 Å². The molecule has 0 aliphatic heterocycles. The van der Waals surface area contributed by atoms with Gasteiger partial charge in [-0.25, -0.2) is 4.39 Å². The number of Topliss-reactive ketones (excluding diaryl/α,β-unsaturated/α-hetero) is 1. The number of rotatable bonds is 6. The first-order valence-corrected chi connectivity index (χ1v) is 5.70. The molecule has 1 aromatic carbocycles. The molecule has 0 heterocycles. The Kier molecular flexibility index (Phi) is 7.95. The molecule has 1 atom stereocenters. The SMILES string of the molecule is CC(OC(=O)CCC(=O)CN)c1ccccc1F.Cl. The van der Waals surface area contributed by atoms with E-state index in [1.807, 2.05) is 0 Å². The molecule has 0 saturated heterocycles. The van der Waals surface area contributed by atoms with Crippen molar-refractivity contribution >= 4 is 24.2 Å². The van der Waals surface area contributed by atoms with E-state index < -0.39 is 17.9 Å². The lowest BCUT2D eigenvalue weighted by atomic mass is 10.1. The zero-order valence-electron chi connectivity index (χ0n) is 10.6. The number of ketones is 1. The summed E-state index contributed by atoms with van der Waals surface area (Å²) in [4.78, 5) is 22.4. The van der Waals surface area contributed by atoms with Crippen LogP contribution in [0, 0.1) is 5.82 Å². The van der Waals surface area contributed by atoms with E-state index in [0.29, 0.717) is 5.56 Å². The fraction of sp³-hybridized carbons (Fsp3) is 0.385. The van der Waals surface area contributed by atoms with Crippen LogP contribution in [0.2, 0.25) is 0 Å². The Balaban J connectivity index is 0.00000324. The van der Waals surface area contributed by atoms with Crippen molar-refractivity contribution in [2.24, 2.45) is 5.73 Å². The lowest BCUT2D eigenvalue weighted by Gasteiger charge is -2.14. The minimum Gasteiger partial charge on any atom is -0.458 e. The number of ether oxygens (including phenoxy) is 1. The van der Waals surface area contributed by atoms with Crippen LogP contribution in [0.1, 0.15) is 31.4 Å². The molecule has 1 unspecified atom stereocenters. The predicted octanol–water partition coefficient (Wildman–Crippen LogP) is 2.16. The van der Waals surface area contributed by atoms with Gasteiger partial charge in [-0.2, -0.15) is 0 Å². The minimum absolute atomic E-state index is 0. The summed E-state index contributed by atoms with van der Waals surface area (Å²) in [5.74, 6) is -1.16. The number of hydrogen-bond donors (Lipinski definition) is 1. The van der Waals surface area contributed by atoms with E-state index in [4.69, 9.17) is 10.5 Å². The van der Waals surface area contributed by atoms with Crippen molar-refractivity contribution in [2.75, 3.05) is 6.54 Å². The van der Waals surface area contributed by atoms with E-state index in [1.165, 1.54) is 6.07 Å². The summed E-state index contributed by atoms with van der Waals surface area (Å²) in [6, 6.07) is 6.09. The second-order valence-corrected chi connectivity index (χ2v) is 3.90. The first-order chi connectivity index (χ1) is 8.54. The predicted molar refractivity (Wildman–Crippen MR) is 71.5 cm³/mol. The molecule has 1 rings (SSSR count). The van der Waals surface area contributed by atoms with E-state index in [2.05, 4.69) is 0 Å². The van der Waals surface area contributed by atoms with E-state index >= 15 is 0 Å². The van der Waals surface area contributed by atoms with Crippen molar-refractivity contribution in [3.63, 3.8) is 0 Å². The molecule has 0 aliphatic carbocycles. The smallest absolute Gasteiger partial charge is 0.306 e. The number of hydrogen-bond acceptors (Lipinski definition) is 4. The van der Waals surface area contributed by atoms with Crippen molar-refractivity contribution in [2.45, 2.75) is 25.9 Å². The van der Waals surface area contributed by atoms with Gasteiger partial charge in [0.2, 0.25) is 0 Å². The van der Waals surface area contributed by atoms with Gasteiger partial charge in [0, 0.05) is 12.0 Å². The normalized spacial score (nSPS) is 11.3. The zero-order chi connectivity index (χ0) is 13.5. The lowest BCUT2D eigenvalue weighted by Crippen LogP contribution is -2.16. The van der Waals surface area contributed by atoms with Crippen molar-refractivity contribution in [1.82, 2.24) is 0 Å². The molecule has 0 aromatic heterocycles. The molecule has 0 amide bonds. The molecule has 106 valence electrons. The quantitative estimate of drug-likeness (QED) is 0.815. The Morgan fingerprint density at radius 2 is 1.95 bits per heavy atom. The Labute approximate surface area is 117 Å². The molecule has 1 aromatic rings. The molecule has 0 fully saturated rings. The average Bonchev–Trinajstić information content (AvgIpc) is 2.36. The van der Waals surface area contributed by atoms with Crippen LogP contribution >= 0.6 is 12.4 Å². The van der Waals surface area contributed by atoms with E-state index in [-0.39, 0.29) is 37.6 Å². The highest BCUT2D eigenvalue weighted by molar-refractivity contribution is 5.85. The van der Waals surface area contributed by atoms with Gasteiger partial charge < -0.3 is 10.5 Å². The molecule has 6 heteroatoms. The van der Waals surface area contributed by atoms with Crippen molar-refractivity contribution in [3.05, 3.63) is 35.6 Å². The third kappa shape index (κ3) is 5.81. The summed E-state index contributed by atoms with van der Waals surface area (Å²) in [5.41, 5.74) is 5.43. The van der Waals surface area contributed by atoms with E-state index in [0.717, 1.165) is 0 Å². The molecular weight excluding hydrogens is 273 g/mol. The molecule has 0 aliphatic rings. The molecule has 0 radical (unpaired) electrons. The molecule has 0 bridgehead atoms. The fourth-order valence-electron chi connectivity index (χ4n) is 1.47. The maximum atomic E-state index is 13.4. The monoisotopic (exact) mass is 289 g/mol. The van der Waals surface area contributed by atoms with Gasteiger partial charge in [-0.15, -0.1) is 12.4 Å². The summed E-state index contributed by atoms with van der Waals surface area (Å²) in [5, 5.41) is 0. The number of nitrogens with two attached hydrogens (primary N) is 1. The Morgan fingerprint density at radius 1 is 1.32 bits per heavy atom. The Hall–Kier alpha value is -1.46. The van der Waals surface area contributed by atoms with Gasteiger partial charge in [-0.1, -0.05) is 18.2 Å². The van der Waals surface area contributed by atoms with E-state index in [9.17, 15) is 14.0 Å². The summed E-state index contributed by atoms with van der Waals surface area (Å²) >= 11 is 0. The standard InChI is InChI=1S/C13H16FNO3.ClH/c1-9(11-4-2-3-5-12(11)14)18-13(17)7-6-10(16)8-15;/h2-5,9H,6-8,15H2,1H3;1H. The summed E-state index contributed by atoms with van der Waals surface area (Å²) in [6.45, 7) is 1.50. The number of benzene rings is 1. The summed E-state index contributed by atoms with van der Waals surface area (Å²) < 4.78 is 18.4. The average molecular weight is 290 g/mol. The zero-order valence-corrected chi connectivity index (χ0v) is 11.4. The Morgan fingerprint density at radius 3 is 2.53 bits per heavy atom. The van der Waals surface area contributed by atoms with Crippen LogP contribution in [0.15, 0.2) is 24.3 Å². The van der Waals surface area contributed by atoms with Gasteiger partial charge in [0.1, 0.15) is 17.7 Å². The van der Waals surface area contributed by atoms with Gasteiger partial charge in [0.15, 0.2) is 0 Å². The van der Waals surface area contributed by atoms with Gasteiger partial charge in [-0.3, -0.25) is 9.59 Å². The van der Waals surface area contributed by atoms with Gasteiger partial charge in [0.25, 0.3) is 0 Å².